The van der Waals surface area contributed by atoms with E-state index >= 15 is 0 Å². The van der Waals surface area contributed by atoms with E-state index in [0.29, 0.717) is 12.3 Å². The van der Waals surface area contributed by atoms with Crippen molar-refractivity contribution in [3.05, 3.63) is 0 Å². The van der Waals surface area contributed by atoms with Gasteiger partial charge >= 0.3 is 0 Å². The highest BCUT2D eigenvalue weighted by Crippen LogP contribution is 2.29. The van der Waals surface area contributed by atoms with Gasteiger partial charge in [-0.2, -0.15) is 0 Å². The number of hydrogen-bond acceptors (Lipinski definition) is 3. The van der Waals surface area contributed by atoms with Crippen molar-refractivity contribution in [2.45, 2.75) is 83.6 Å². The lowest BCUT2D eigenvalue weighted by molar-refractivity contribution is -0.126. The molecule has 0 bridgehead atoms. The number of nitrogens with one attached hydrogen (secondary N) is 3. The molecule has 3 fully saturated rings. The first-order chi connectivity index (χ1) is 12.5. The smallest absolute Gasteiger partial charge is 0.223 e. The van der Waals surface area contributed by atoms with Crippen LogP contribution < -0.4 is 16.0 Å². The van der Waals surface area contributed by atoms with E-state index in [1.165, 1.54) is 25.7 Å². The van der Waals surface area contributed by atoms with Crippen LogP contribution in [0.25, 0.3) is 0 Å². The van der Waals surface area contributed by atoms with Crippen LogP contribution in [0.2, 0.25) is 0 Å². The lowest BCUT2D eigenvalue weighted by atomic mass is 9.80. The van der Waals surface area contributed by atoms with Crippen molar-refractivity contribution < 1.29 is 9.59 Å². The highest BCUT2D eigenvalue weighted by atomic mass is 35.5. The summed E-state index contributed by atoms with van der Waals surface area (Å²) in [4.78, 5) is 24.7. The molecule has 2 aliphatic carbocycles. The topological polar surface area (TPSA) is 70.2 Å². The van der Waals surface area contributed by atoms with E-state index in [4.69, 9.17) is 0 Å². The van der Waals surface area contributed by atoms with Gasteiger partial charge in [0.15, 0.2) is 0 Å². The highest BCUT2D eigenvalue weighted by Gasteiger charge is 2.31. The van der Waals surface area contributed by atoms with Crippen LogP contribution in [0.3, 0.4) is 0 Å². The zero-order valence-corrected chi connectivity index (χ0v) is 17.7. The summed E-state index contributed by atoms with van der Waals surface area (Å²) in [6.07, 6.45) is 11.7. The third-order valence-electron chi connectivity index (χ3n) is 6.91. The minimum absolute atomic E-state index is 0. The first kappa shape index (κ1) is 22.5. The molecule has 27 heavy (non-hydrogen) atoms. The van der Waals surface area contributed by atoms with Gasteiger partial charge in [-0.15, -0.1) is 12.4 Å². The summed E-state index contributed by atoms with van der Waals surface area (Å²) in [5, 5.41) is 9.82. The first-order valence-electron chi connectivity index (χ1n) is 10.8. The van der Waals surface area contributed by atoms with Crippen molar-refractivity contribution in [3.8, 4) is 0 Å². The fourth-order valence-corrected chi connectivity index (χ4v) is 4.92. The van der Waals surface area contributed by atoms with Crippen LogP contribution in [0, 0.1) is 17.3 Å². The fraction of sp³-hybridized carbons (Fsp3) is 0.905. The van der Waals surface area contributed by atoms with Crippen molar-refractivity contribution in [1.29, 1.82) is 0 Å². The molecule has 0 aromatic rings. The Hall–Kier alpha value is -0.810. The zero-order chi connectivity index (χ0) is 18.4. The van der Waals surface area contributed by atoms with Crippen molar-refractivity contribution in [2.75, 3.05) is 19.6 Å². The van der Waals surface area contributed by atoms with E-state index in [9.17, 15) is 9.59 Å². The van der Waals surface area contributed by atoms with Crippen molar-refractivity contribution >= 4 is 24.2 Å². The number of hydrogen-bond donors (Lipinski definition) is 3. The Balaban J connectivity index is 0.00000261. The van der Waals surface area contributed by atoms with E-state index in [2.05, 4.69) is 22.9 Å². The number of amides is 2. The average Bonchev–Trinajstić information content (AvgIpc) is 3.14. The number of piperidine rings is 1. The van der Waals surface area contributed by atoms with Gasteiger partial charge in [-0.3, -0.25) is 9.59 Å². The molecule has 1 saturated heterocycles. The number of carbonyl (C=O) groups excluding carboxylic acids is 2. The number of halogens is 1. The summed E-state index contributed by atoms with van der Waals surface area (Å²) < 4.78 is 0. The molecule has 0 atom stereocenters. The molecule has 3 N–H and O–H groups in total. The Morgan fingerprint density at radius 2 is 1.63 bits per heavy atom. The largest absolute Gasteiger partial charge is 0.355 e. The van der Waals surface area contributed by atoms with E-state index in [1.54, 1.807) is 0 Å². The summed E-state index contributed by atoms with van der Waals surface area (Å²) in [6, 6.07) is 0.273. The van der Waals surface area contributed by atoms with Gasteiger partial charge in [0, 0.05) is 24.9 Å². The third-order valence-corrected chi connectivity index (χ3v) is 6.91. The van der Waals surface area contributed by atoms with Gasteiger partial charge in [0.2, 0.25) is 11.8 Å². The molecule has 0 aromatic carbocycles. The van der Waals surface area contributed by atoms with Crippen molar-refractivity contribution in [2.24, 2.45) is 17.3 Å². The van der Waals surface area contributed by atoms with Gasteiger partial charge < -0.3 is 16.0 Å². The van der Waals surface area contributed by atoms with Crippen molar-refractivity contribution in [3.63, 3.8) is 0 Å². The van der Waals surface area contributed by atoms with E-state index < -0.39 is 0 Å². The van der Waals surface area contributed by atoms with E-state index in [-0.39, 0.29) is 41.6 Å². The predicted molar refractivity (Wildman–Crippen MR) is 111 cm³/mol. The fourth-order valence-electron chi connectivity index (χ4n) is 4.92. The second-order valence-corrected chi connectivity index (χ2v) is 9.25. The summed E-state index contributed by atoms with van der Waals surface area (Å²) in [6.45, 7) is 5.19. The molecule has 5 nitrogen and oxygen atoms in total. The molecule has 0 radical (unpaired) electrons. The summed E-state index contributed by atoms with van der Waals surface area (Å²) >= 11 is 0. The van der Waals surface area contributed by atoms with Crippen molar-refractivity contribution in [1.82, 2.24) is 16.0 Å². The Labute approximate surface area is 170 Å². The SMILES string of the molecule is CC1(CNC(=O)C2CCC(NC(=O)CC3CCCC3)CC2)CCNCC1.Cl. The zero-order valence-electron chi connectivity index (χ0n) is 16.9. The second kappa shape index (κ2) is 10.7. The van der Waals surface area contributed by atoms with Crippen LogP contribution in [-0.2, 0) is 9.59 Å². The summed E-state index contributed by atoms with van der Waals surface area (Å²) in [7, 11) is 0. The van der Waals surface area contributed by atoms with Gasteiger partial charge in [0.25, 0.3) is 0 Å². The van der Waals surface area contributed by atoms with Crippen LogP contribution in [0.1, 0.15) is 77.6 Å². The summed E-state index contributed by atoms with van der Waals surface area (Å²) in [5.74, 6) is 1.18. The lowest BCUT2D eigenvalue weighted by Crippen LogP contribution is -2.45. The molecule has 0 unspecified atom stereocenters. The van der Waals surface area contributed by atoms with Crippen LogP contribution in [0.4, 0.5) is 0 Å². The number of rotatable bonds is 6. The van der Waals surface area contributed by atoms with E-state index in [0.717, 1.165) is 58.2 Å². The molecular weight excluding hydrogens is 362 g/mol. The van der Waals surface area contributed by atoms with Crippen LogP contribution in [0.15, 0.2) is 0 Å². The van der Waals surface area contributed by atoms with Gasteiger partial charge in [-0.25, -0.2) is 0 Å². The van der Waals surface area contributed by atoms with Gasteiger partial charge in [-0.1, -0.05) is 19.8 Å². The molecule has 2 amide bonds. The molecule has 1 aliphatic heterocycles. The second-order valence-electron chi connectivity index (χ2n) is 9.25. The Kier molecular flexibility index (Phi) is 8.87. The first-order valence-corrected chi connectivity index (χ1v) is 10.8. The molecule has 0 spiro atoms. The molecule has 3 rings (SSSR count). The van der Waals surface area contributed by atoms with Gasteiger partial charge in [0.05, 0.1) is 0 Å². The van der Waals surface area contributed by atoms with Gasteiger partial charge in [-0.05, 0) is 75.8 Å². The molecule has 3 aliphatic rings. The summed E-state index contributed by atoms with van der Waals surface area (Å²) in [5.41, 5.74) is 0.242. The molecule has 6 heteroatoms. The minimum Gasteiger partial charge on any atom is -0.355 e. The molecule has 0 aromatic heterocycles. The molecule has 156 valence electrons. The average molecular weight is 400 g/mol. The Morgan fingerprint density at radius 3 is 2.26 bits per heavy atom. The number of carbonyl (C=O) groups is 2. The van der Waals surface area contributed by atoms with E-state index in [1.807, 2.05) is 0 Å². The Bertz CT molecular complexity index is 480. The molecule has 2 saturated carbocycles. The normalized spacial score (nSPS) is 28.2. The van der Waals surface area contributed by atoms with Crippen LogP contribution >= 0.6 is 12.4 Å². The maximum Gasteiger partial charge on any atom is 0.223 e. The maximum atomic E-state index is 12.5. The van der Waals surface area contributed by atoms with Crippen LogP contribution in [0.5, 0.6) is 0 Å². The van der Waals surface area contributed by atoms with Gasteiger partial charge in [0.1, 0.15) is 0 Å². The quantitative estimate of drug-likeness (QED) is 0.642. The predicted octanol–water partition coefficient (Wildman–Crippen LogP) is 3.17. The Morgan fingerprint density at radius 1 is 1.00 bits per heavy atom. The molecule has 1 heterocycles. The lowest BCUT2D eigenvalue weighted by Gasteiger charge is -2.35. The maximum absolute atomic E-state index is 12.5. The molecular formula is C21H38ClN3O2. The monoisotopic (exact) mass is 399 g/mol. The highest BCUT2D eigenvalue weighted by molar-refractivity contribution is 5.85. The minimum atomic E-state index is 0. The third kappa shape index (κ3) is 6.94. The standard InChI is InChI=1S/C21H37N3O2.ClH/c1-21(10-12-22-13-11-21)15-23-20(26)17-6-8-18(9-7-17)24-19(25)14-16-4-2-3-5-16;/h16-18,22H,2-15H2,1H3,(H,23,26)(H,24,25);1H. The van der Waals surface area contributed by atoms with Crippen LogP contribution in [-0.4, -0.2) is 37.5 Å².